The molecule has 1 heterocycles. The van der Waals surface area contributed by atoms with Gasteiger partial charge < -0.3 is 10.1 Å². The van der Waals surface area contributed by atoms with Gasteiger partial charge in [-0.2, -0.15) is 0 Å². The molecule has 156 valence electrons. The number of carbonyl (C=O) groups excluding carboxylic acids is 4. The number of amides is 3. The van der Waals surface area contributed by atoms with Gasteiger partial charge in [0.2, 0.25) is 0 Å². The van der Waals surface area contributed by atoms with Gasteiger partial charge in [0.05, 0.1) is 16.7 Å². The highest BCUT2D eigenvalue weighted by atomic mass is 19.1. The van der Waals surface area contributed by atoms with Crippen molar-refractivity contribution in [1.29, 1.82) is 0 Å². The van der Waals surface area contributed by atoms with Gasteiger partial charge in [-0.3, -0.25) is 19.3 Å². The van der Waals surface area contributed by atoms with Gasteiger partial charge in [-0.1, -0.05) is 13.8 Å². The number of rotatable bonds is 6. The third-order valence-corrected chi connectivity index (χ3v) is 4.52. The van der Waals surface area contributed by atoms with Crippen LogP contribution in [0.5, 0.6) is 0 Å². The first-order valence-electron chi connectivity index (χ1n) is 9.45. The molecule has 8 heteroatoms. The molecule has 1 aliphatic rings. The lowest BCUT2D eigenvalue weighted by Crippen LogP contribution is -2.33. The molecule has 0 bridgehead atoms. The Bertz CT molecular complexity index is 1020. The van der Waals surface area contributed by atoms with Gasteiger partial charge in [-0.25, -0.2) is 9.18 Å². The van der Waals surface area contributed by atoms with E-state index in [1.54, 1.807) is 0 Å². The highest BCUT2D eigenvalue weighted by Gasteiger charge is 2.36. The van der Waals surface area contributed by atoms with E-state index in [2.05, 4.69) is 5.32 Å². The number of esters is 1. The molecule has 1 atom stereocenters. The molecular formula is C22H21FN2O5. The maximum Gasteiger partial charge on any atom is 0.338 e. The van der Waals surface area contributed by atoms with Crippen LogP contribution in [0.25, 0.3) is 0 Å². The number of benzene rings is 2. The Morgan fingerprint density at radius 1 is 1.00 bits per heavy atom. The highest BCUT2D eigenvalue weighted by Crippen LogP contribution is 2.25. The van der Waals surface area contributed by atoms with Crippen molar-refractivity contribution < 1.29 is 28.3 Å². The van der Waals surface area contributed by atoms with Crippen LogP contribution in [0.2, 0.25) is 0 Å². The van der Waals surface area contributed by atoms with E-state index in [9.17, 15) is 23.6 Å². The maximum atomic E-state index is 12.9. The van der Waals surface area contributed by atoms with E-state index < -0.39 is 35.6 Å². The monoisotopic (exact) mass is 412 g/mol. The van der Waals surface area contributed by atoms with Crippen molar-refractivity contribution in [3.63, 3.8) is 0 Å². The fourth-order valence-electron chi connectivity index (χ4n) is 3.01. The molecular weight excluding hydrogens is 391 g/mol. The molecule has 1 N–H and O–H groups in total. The number of carbonyl (C=O) groups is 4. The number of halogens is 1. The lowest BCUT2D eigenvalue weighted by atomic mass is 10.1. The lowest BCUT2D eigenvalue weighted by Gasteiger charge is -2.15. The van der Waals surface area contributed by atoms with Gasteiger partial charge in [-0.15, -0.1) is 0 Å². The lowest BCUT2D eigenvalue weighted by molar-refractivity contribution is -0.123. The van der Waals surface area contributed by atoms with Crippen LogP contribution in [0.1, 0.15) is 51.8 Å². The minimum Gasteiger partial charge on any atom is -0.449 e. The number of nitrogens with one attached hydrogen (secondary N) is 1. The fourth-order valence-corrected chi connectivity index (χ4v) is 3.01. The third-order valence-electron chi connectivity index (χ3n) is 4.52. The number of nitrogens with zero attached hydrogens (tertiary/aromatic N) is 1. The second-order valence-corrected chi connectivity index (χ2v) is 7.42. The van der Waals surface area contributed by atoms with Gasteiger partial charge in [0.15, 0.2) is 6.10 Å². The summed E-state index contributed by atoms with van der Waals surface area (Å²) < 4.78 is 18.1. The number of hydrogen-bond donors (Lipinski definition) is 1. The van der Waals surface area contributed by atoms with E-state index in [1.165, 1.54) is 49.4 Å². The first-order chi connectivity index (χ1) is 14.2. The van der Waals surface area contributed by atoms with Crippen molar-refractivity contribution in [2.75, 3.05) is 11.9 Å². The Hall–Kier alpha value is -3.55. The number of ether oxygens (including phenoxy) is 1. The van der Waals surface area contributed by atoms with E-state index in [0.717, 1.165) is 4.90 Å². The molecule has 2 aromatic carbocycles. The molecule has 7 nitrogen and oxygen atoms in total. The summed E-state index contributed by atoms with van der Waals surface area (Å²) in [6.07, 6.45) is -1.13. The van der Waals surface area contributed by atoms with Crippen LogP contribution >= 0.6 is 0 Å². The zero-order valence-corrected chi connectivity index (χ0v) is 16.8. The predicted octanol–water partition coefficient (Wildman–Crippen LogP) is 3.26. The Labute approximate surface area is 172 Å². The molecule has 0 saturated carbocycles. The second kappa shape index (κ2) is 8.44. The van der Waals surface area contributed by atoms with Gasteiger partial charge in [0, 0.05) is 12.2 Å². The van der Waals surface area contributed by atoms with E-state index in [0.29, 0.717) is 5.69 Å². The Morgan fingerprint density at radius 3 is 2.27 bits per heavy atom. The number of hydrogen-bond acceptors (Lipinski definition) is 5. The zero-order valence-electron chi connectivity index (χ0n) is 16.8. The van der Waals surface area contributed by atoms with Crippen LogP contribution in [0.3, 0.4) is 0 Å². The zero-order chi connectivity index (χ0) is 22.0. The summed E-state index contributed by atoms with van der Waals surface area (Å²) in [7, 11) is 0. The summed E-state index contributed by atoms with van der Waals surface area (Å²) >= 11 is 0. The maximum absolute atomic E-state index is 12.9. The van der Waals surface area contributed by atoms with Crippen LogP contribution in [0, 0.1) is 11.7 Å². The van der Waals surface area contributed by atoms with Gasteiger partial charge in [0.1, 0.15) is 5.82 Å². The van der Waals surface area contributed by atoms with E-state index >= 15 is 0 Å². The molecule has 0 aromatic heterocycles. The number of imide groups is 1. The molecule has 30 heavy (non-hydrogen) atoms. The summed E-state index contributed by atoms with van der Waals surface area (Å²) in [6.45, 7) is 5.46. The van der Waals surface area contributed by atoms with Crippen molar-refractivity contribution in [3.8, 4) is 0 Å². The molecule has 0 unspecified atom stereocenters. The normalized spacial score (nSPS) is 14.0. The Kier molecular flexibility index (Phi) is 5.96. The topological polar surface area (TPSA) is 92.8 Å². The SMILES string of the molecule is CC(C)CN1C(=O)c2ccc(C(=O)O[C@@H](C)C(=O)Nc3ccc(F)cc3)cc2C1=O. The minimum absolute atomic E-state index is 0.0581. The van der Waals surface area contributed by atoms with Gasteiger partial charge >= 0.3 is 5.97 Å². The van der Waals surface area contributed by atoms with Crippen molar-refractivity contribution in [3.05, 3.63) is 65.0 Å². The summed E-state index contributed by atoms with van der Waals surface area (Å²) in [5.74, 6) is -2.58. The molecule has 0 aliphatic carbocycles. The molecule has 3 amide bonds. The van der Waals surface area contributed by atoms with Crippen LogP contribution in [-0.4, -0.2) is 41.2 Å². The third kappa shape index (κ3) is 4.37. The standard InChI is InChI=1S/C22H21FN2O5/c1-12(2)11-25-20(27)17-9-4-14(10-18(17)21(25)28)22(29)30-13(3)19(26)24-16-7-5-15(23)6-8-16/h4-10,12-13H,11H2,1-3H3,(H,24,26)/t13-/m0/s1. The van der Waals surface area contributed by atoms with Crippen LogP contribution in [0.4, 0.5) is 10.1 Å². The highest BCUT2D eigenvalue weighted by molar-refractivity contribution is 6.22. The molecule has 3 rings (SSSR count). The van der Waals surface area contributed by atoms with Crippen LogP contribution in [-0.2, 0) is 9.53 Å². The molecule has 1 aliphatic heterocycles. The Morgan fingerprint density at radius 2 is 1.63 bits per heavy atom. The quantitative estimate of drug-likeness (QED) is 0.581. The van der Waals surface area contributed by atoms with E-state index in [1.807, 2.05) is 13.8 Å². The number of anilines is 1. The summed E-state index contributed by atoms with van der Waals surface area (Å²) in [4.78, 5) is 50.7. The second-order valence-electron chi connectivity index (χ2n) is 7.42. The van der Waals surface area contributed by atoms with Crippen molar-refractivity contribution in [2.45, 2.75) is 26.9 Å². The fraction of sp³-hybridized carbons (Fsp3) is 0.273. The average molecular weight is 412 g/mol. The number of fused-ring (bicyclic) bond motifs is 1. The molecule has 2 aromatic rings. The van der Waals surface area contributed by atoms with Crippen molar-refractivity contribution in [1.82, 2.24) is 4.90 Å². The Balaban J connectivity index is 1.69. The predicted molar refractivity (Wildman–Crippen MR) is 107 cm³/mol. The van der Waals surface area contributed by atoms with Crippen LogP contribution in [0.15, 0.2) is 42.5 Å². The van der Waals surface area contributed by atoms with Crippen molar-refractivity contribution in [2.24, 2.45) is 5.92 Å². The molecule has 0 fully saturated rings. The largest absolute Gasteiger partial charge is 0.449 e. The van der Waals surface area contributed by atoms with E-state index in [-0.39, 0.29) is 29.2 Å². The first-order valence-corrected chi connectivity index (χ1v) is 9.45. The molecule has 0 radical (unpaired) electrons. The van der Waals surface area contributed by atoms with Crippen molar-refractivity contribution >= 4 is 29.4 Å². The minimum atomic E-state index is -1.13. The first kappa shape index (κ1) is 21.2. The van der Waals surface area contributed by atoms with Crippen LogP contribution < -0.4 is 5.32 Å². The van der Waals surface area contributed by atoms with Gasteiger partial charge in [-0.05, 0) is 55.3 Å². The summed E-state index contributed by atoms with van der Waals surface area (Å²) in [5, 5.41) is 2.52. The smallest absolute Gasteiger partial charge is 0.338 e. The summed E-state index contributed by atoms with van der Waals surface area (Å²) in [6, 6.07) is 9.26. The average Bonchev–Trinajstić information content (AvgIpc) is 2.93. The molecule has 0 saturated heterocycles. The van der Waals surface area contributed by atoms with E-state index in [4.69, 9.17) is 4.74 Å². The van der Waals surface area contributed by atoms with Gasteiger partial charge in [0.25, 0.3) is 17.7 Å². The molecule has 0 spiro atoms. The summed E-state index contributed by atoms with van der Waals surface area (Å²) in [5.41, 5.74) is 0.789.